The van der Waals surface area contributed by atoms with E-state index >= 15 is 0 Å². The highest BCUT2D eigenvalue weighted by Gasteiger charge is 2.21. The Morgan fingerprint density at radius 1 is 1.24 bits per heavy atom. The van der Waals surface area contributed by atoms with Crippen LogP contribution in [0.15, 0.2) is 6.07 Å². The van der Waals surface area contributed by atoms with Crippen LogP contribution in [0, 0.1) is 13.8 Å². The van der Waals surface area contributed by atoms with Gasteiger partial charge in [-0.05, 0) is 13.8 Å². The topological polar surface area (TPSA) is 90.9 Å². The third-order valence-corrected chi connectivity index (χ3v) is 3.17. The van der Waals surface area contributed by atoms with Gasteiger partial charge in [0.2, 0.25) is 5.88 Å². The van der Waals surface area contributed by atoms with Gasteiger partial charge < -0.3 is 10.2 Å². The van der Waals surface area contributed by atoms with E-state index in [0.29, 0.717) is 23.3 Å². The Bertz CT molecular complexity index is 656. The predicted octanol–water partition coefficient (Wildman–Crippen LogP) is 2.20. The number of nitrogens with two attached hydrogens (primary N) is 1. The normalized spacial score (nSPS) is 11.6. The van der Waals surface area contributed by atoms with Crippen molar-refractivity contribution in [3.05, 3.63) is 23.3 Å². The molecule has 2 heterocycles. The summed E-state index contributed by atoms with van der Waals surface area (Å²) in [5.74, 6) is 7.81. The first kappa shape index (κ1) is 15.2. The minimum atomic E-state index is -0.204. The number of ether oxygens (including phenoxy) is 1. The zero-order valence-electron chi connectivity index (χ0n) is 13.4. The van der Waals surface area contributed by atoms with Gasteiger partial charge in [-0.25, -0.2) is 10.8 Å². The molecule has 114 valence electrons. The van der Waals surface area contributed by atoms with Crippen molar-refractivity contribution >= 4 is 5.82 Å². The number of nitrogen functional groups attached to an aromatic ring is 1. The highest BCUT2D eigenvalue weighted by Crippen LogP contribution is 2.29. The molecule has 0 aliphatic carbocycles. The molecule has 0 atom stereocenters. The first-order chi connectivity index (χ1) is 9.72. The lowest BCUT2D eigenvalue weighted by molar-refractivity contribution is 0.440. The largest absolute Gasteiger partial charge is 0.435 e. The average Bonchev–Trinajstić information content (AvgIpc) is 2.64. The number of hydrogen-bond donors (Lipinski definition) is 2. The molecule has 0 aliphatic heterocycles. The van der Waals surface area contributed by atoms with Crippen LogP contribution in [-0.2, 0) is 12.5 Å². The van der Waals surface area contributed by atoms with E-state index in [2.05, 4.69) is 20.5 Å². The summed E-state index contributed by atoms with van der Waals surface area (Å²) < 4.78 is 7.69. The van der Waals surface area contributed by atoms with Crippen molar-refractivity contribution < 1.29 is 4.74 Å². The molecule has 0 amide bonds. The second-order valence-corrected chi connectivity index (χ2v) is 6.03. The maximum Gasteiger partial charge on any atom is 0.224 e. The summed E-state index contributed by atoms with van der Waals surface area (Å²) >= 11 is 0. The molecule has 7 heteroatoms. The maximum absolute atomic E-state index is 5.91. The van der Waals surface area contributed by atoms with E-state index in [1.165, 1.54) is 0 Å². The van der Waals surface area contributed by atoms with Crippen LogP contribution in [0.2, 0.25) is 0 Å². The zero-order valence-corrected chi connectivity index (χ0v) is 13.4. The molecule has 21 heavy (non-hydrogen) atoms. The van der Waals surface area contributed by atoms with Crippen molar-refractivity contribution in [1.82, 2.24) is 19.7 Å². The fraction of sp³-hybridized carbons (Fsp3) is 0.500. The van der Waals surface area contributed by atoms with E-state index in [-0.39, 0.29) is 5.41 Å². The van der Waals surface area contributed by atoms with Crippen LogP contribution in [-0.4, -0.2) is 19.7 Å². The Morgan fingerprint density at radius 2 is 1.90 bits per heavy atom. The van der Waals surface area contributed by atoms with Gasteiger partial charge in [-0.2, -0.15) is 10.1 Å². The molecule has 0 spiro atoms. The van der Waals surface area contributed by atoms with Crippen molar-refractivity contribution in [2.24, 2.45) is 12.9 Å². The quantitative estimate of drug-likeness (QED) is 0.665. The number of hydrogen-bond acceptors (Lipinski definition) is 6. The van der Waals surface area contributed by atoms with E-state index in [1.54, 1.807) is 10.7 Å². The number of nitrogens with zero attached hydrogens (tertiary/aromatic N) is 4. The maximum atomic E-state index is 5.91. The minimum Gasteiger partial charge on any atom is -0.435 e. The van der Waals surface area contributed by atoms with Crippen molar-refractivity contribution in [3.63, 3.8) is 0 Å². The van der Waals surface area contributed by atoms with Gasteiger partial charge in [-0.15, -0.1) is 0 Å². The molecule has 0 radical (unpaired) electrons. The molecule has 3 N–H and O–H groups in total. The summed E-state index contributed by atoms with van der Waals surface area (Å²) in [5.41, 5.74) is 4.09. The van der Waals surface area contributed by atoms with Crippen LogP contribution in [0.25, 0.3) is 0 Å². The smallest absolute Gasteiger partial charge is 0.224 e. The molecule has 7 nitrogen and oxygen atoms in total. The lowest BCUT2D eigenvalue weighted by Gasteiger charge is -2.18. The number of anilines is 1. The number of aryl methyl sites for hydroxylation is 2. The average molecular weight is 290 g/mol. The number of aromatic nitrogens is 4. The zero-order chi connectivity index (χ0) is 15.8. The molecule has 2 aromatic rings. The van der Waals surface area contributed by atoms with Gasteiger partial charge in [0, 0.05) is 18.5 Å². The Morgan fingerprint density at radius 3 is 2.38 bits per heavy atom. The number of rotatable bonds is 3. The SMILES string of the molecule is Cc1nn(C)c(C)c1Oc1cc(NN)nc(C(C)(C)C)n1. The van der Waals surface area contributed by atoms with Crippen molar-refractivity contribution in [2.75, 3.05) is 5.43 Å². The van der Waals surface area contributed by atoms with E-state index in [1.807, 2.05) is 41.7 Å². The van der Waals surface area contributed by atoms with Crippen LogP contribution in [0.5, 0.6) is 11.6 Å². The third-order valence-electron chi connectivity index (χ3n) is 3.17. The lowest BCUT2D eigenvalue weighted by atomic mass is 9.96. The van der Waals surface area contributed by atoms with E-state index in [9.17, 15) is 0 Å². The molecule has 0 aliphatic rings. The number of hydrazine groups is 1. The van der Waals surface area contributed by atoms with Crippen molar-refractivity contribution in [1.29, 1.82) is 0 Å². The van der Waals surface area contributed by atoms with E-state index < -0.39 is 0 Å². The lowest BCUT2D eigenvalue weighted by Crippen LogP contribution is -2.19. The molecule has 2 rings (SSSR count). The van der Waals surface area contributed by atoms with Gasteiger partial charge in [0.15, 0.2) is 5.75 Å². The van der Waals surface area contributed by atoms with Crippen LogP contribution in [0.4, 0.5) is 5.82 Å². The summed E-state index contributed by atoms with van der Waals surface area (Å²) in [5, 5.41) is 4.33. The molecule has 0 aromatic carbocycles. The van der Waals surface area contributed by atoms with Crippen LogP contribution >= 0.6 is 0 Å². The Balaban J connectivity index is 2.44. The van der Waals surface area contributed by atoms with Crippen LogP contribution < -0.4 is 16.0 Å². The van der Waals surface area contributed by atoms with Gasteiger partial charge in [-0.1, -0.05) is 20.8 Å². The van der Waals surface area contributed by atoms with Crippen LogP contribution in [0.3, 0.4) is 0 Å². The van der Waals surface area contributed by atoms with Gasteiger partial charge in [0.25, 0.3) is 0 Å². The second-order valence-electron chi connectivity index (χ2n) is 6.03. The number of nitrogens with one attached hydrogen (secondary N) is 1. The highest BCUT2D eigenvalue weighted by molar-refractivity contribution is 5.41. The summed E-state index contributed by atoms with van der Waals surface area (Å²) in [6, 6.07) is 1.67. The molecular weight excluding hydrogens is 268 g/mol. The van der Waals surface area contributed by atoms with Gasteiger partial charge >= 0.3 is 0 Å². The molecule has 0 bridgehead atoms. The second kappa shape index (κ2) is 5.33. The molecular formula is C14H22N6O. The summed E-state index contributed by atoms with van der Waals surface area (Å²) in [4.78, 5) is 8.84. The predicted molar refractivity (Wildman–Crippen MR) is 81.3 cm³/mol. The van der Waals surface area contributed by atoms with Crippen LogP contribution in [0.1, 0.15) is 38.0 Å². The summed E-state index contributed by atoms with van der Waals surface area (Å²) in [6.45, 7) is 9.95. The van der Waals surface area contributed by atoms with E-state index in [0.717, 1.165) is 11.4 Å². The third kappa shape index (κ3) is 3.13. The first-order valence-corrected chi connectivity index (χ1v) is 6.76. The van der Waals surface area contributed by atoms with Crippen molar-refractivity contribution in [2.45, 2.75) is 40.0 Å². The molecule has 0 saturated carbocycles. The van der Waals surface area contributed by atoms with E-state index in [4.69, 9.17) is 10.6 Å². The van der Waals surface area contributed by atoms with Gasteiger partial charge in [0.05, 0.1) is 5.69 Å². The molecule has 0 fully saturated rings. The minimum absolute atomic E-state index is 0.204. The van der Waals surface area contributed by atoms with Gasteiger partial charge in [-0.3, -0.25) is 4.68 Å². The fourth-order valence-electron chi connectivity index (χ4n) is 1.89. The highest BCUT2D eigenvalue weighted by atomic mass is 16.5. The standard InChI is InChI=1S/C14H22N6O/c1-8-12(9(2)20(6)19-8)21-11-7-10(18-15)16-13(17-11)14(3,4)5/h7H,15H2,1-6H3,(H,16,17,18). The Hall–Kier alpha value is -2.15. The van der Waals surface area contributed by atoms with Gasteiger partial charge in [0.1, 0.15) is 17.3 Å². The summed E-state index contributed by atoms with van der Waals surface area (Å²) in [6.07, 6.45) is 0. The Kier molecular flexibility index (Phi) is 3.87. The molecule has 2 aromatic heterocycles. The Labute approximate surface area is 124 Å². The first-order valence-electron chi connectivity index (χ1n) is 6.76. The summed E-state index contributed by atoms with van der Waals surface area (Å²) in [7, 11) is 1.88. The molecule has 0 saturated heterocycles. The van der Waals surface area contributed by atoms with Crippen molar-refractivity contribution in [3.8, 4) is 11.6 Å². The molecule has 0 unspecified atom stereocenters. The monoisotopic (exact) mass is 290 g/mol. The fourth-order valence-corrected chi connectivity index (χ4v) is 1.89.